The zero-order valence-electron chi connectivity index (χ0n) is 11.2. The Morgan fingerprint density at radius 1 is 1.55 bits per heavy atom. The monoisotopic (exact) mass is 292 g/mol. The van der Waals surface area contributed by atoms with E-state index in [1.807, 2.05) is 19.1 Å². The van der Waals surface area contributed by atoms with Gasteiger partial charge in [0.05, 0.1) is 6.61 Å². The highest BCUT2D eigenvalue weighted by molar-refractivity contribution is 7.13. The number of hydrogen-bond acceptors (Lipinski definition) is 5. The number of aliphatic hydroxyl groups excluding tert-OH is 1. The van der Waals surface area contributed by atoms with Crippen molar-refractivity contribution in [3.8, 4) is 10.8 Å². The summed E-state index contributed by atoms with van der Waals surface area (Å²) in [4.78, 5) is 18.5. The van der Waals surface area contributed by atoms with Gasteiger partial charge in [-0.25, -0.2) is 4.98 Å². The zero-order chi connectivity index (χ0) is 14.1. The Morgan fingerprint density at radius 2 is 2.35 bits per heavy atom. The van der Waals surface area contributed by atoms with Gasteiger partial charge in [0.2, 0.25) is 0 Å². The summed E-state index contributed by atoms with van der Waals surface area (Å²) in [6, 6.07) is 4.00. The van der Waals surface area contributed by atoms with Gasteiger partial charge < -0.3 is 14.4 Å². The highest BCUT2D eigenvalue weighted by Gasteiger charge is 2.33. The number of amides is 1. The number of nitrogens with zero attached hydrogens (tertiary/aromatic N) is 2. The first-order chi connectivity index (χ1) is 9.69. The maximum atomic E-state index is 12.4. The van der Waals surface area contributed by atoms with Crippen LogP contribution in [0.15, 0.2) is 21.9 Å². The molecule has 106 valence electrons. The van der Waals surface area contributed by atoms with Crippen molar-refractivity contribution < 1.29 is 14.3 Å². The number of aromatic nitrogens is 1. The summed E-state index contributed by atoms with van der Waals surface area (Å²) in [6.07, 6.45) is 2.03. The van der Waals surface area contributed by atoms with Crippen molar-refractivity contribution in [2.24, 2.45) is 0 Å². The summed E-state index contributed by atoms with van der Waals surface area (Å²) >= 11 is 1.40. The minimum absolute atomic E-state index is 0.0172. The van der Waals surface area contributed by atoms with Crippen LogP contribution in [0.5, 0.6) is 0 Å². The lowest BCUT2D eigenvalue weighted by Crippen LogP contribution is -2.35. The zero-order valence-corrected chi connectivity index (χ0v) is 12.0. The quantitative estimate of drug-likeness (QED) is 0.918. The Kier molecular flexibility index (Phi) is 3.58. The number of hydrogen-bond donors (Lipinski definition) is 1. The van der Waals surface area contributed by atoms with E-state index in [0.29, 0.717) is 23.0 Å². The number of aliphatic hydroxyl groups is 1. The second-order valence-corrected chi connectivity index (χ2v) is 5.76. The standard InChI is InChI=1S/C14H16N2O3S/c1-9-2-5-12(19-9)13-15-11(8-20-13)14(18)16(6-7-17)10-3-4-10/h2,5,8,10,17H,3-4,6-7H2,1H3. The van der Waals surface area contributed by atoms with E-state index in [0.717, 1.165) is 18.6 Å². The molecule has 0 aliphatic heterocycles. The van der Waals surface area contributed by atoms with Crippen LogP contribution in [0.2, 0.25) is 0 Å². The molecule has 6 heteroatoms. The fourth-order valence-corrected chi connectivity index (χ4v) is 2.88. The van der Waals surface area contributed by atoms with E-state index in [1.165, 1.54) is 11.3 Å². The number of aryl methyl sites for hydroxylation is 1. The average Bonchev–Trinajstić information content (AvgIpc) is 2.98. The number of thiazole rings is 1. The normalized spacial score (nSPS) is 14.5. The van der Waals surface area contributed by atoms with Gasteiger partial charge in [0.25, 0.3) is 5.91 Å². The summed E-state index contributed by atoms with van der Waals surface area (Å²) in [7, 11) is 0. The molecule has 20 heavy (non-hydrogen) atoms. The third-order valence-electron chi connectivity index (χ3n) is 3.26. The van der Waals surface area contributed by atoms with Gasteiger partial charge in [-0.1, -0.05) is 0 Å². The third-order valence-corrected chi connectivity index (χ3v) is 4.12. The Bertz CT molecular complexity index is 615. The number of furan rings is 1. The Balaban J connectivity index is 1.80. The van der Waals surface area contributed by atoms with Crippen molar-refractivity contribution in [2.75, 3.05) is 13.2 Å². The molecule has 0 bridgehead atoms. The molecular formula is C14H16N2O3S. The van der Waals surface area contributed by atoms with Gasteiger partial charge in [0.15, 0.2) is 10.8 Å². The third kappa shape index (κ3) is 2.62. The van der Waals surface area contributed by atoms with Gasteiger partial charge >= 0.3 is 0 Å². The van der Waals surface area contributed by atoms with Crippen LogP contribution in [0.3, 0.4) is 0 Å². The second kappa shape index (κ2) is 5.38. The van der Waals surface area contributed by atoms with Crippen LogP contribution < -0.4 is 0 Å². The SMILES string of the molecule is Cc1ccc(-c2nc(C(=O)N(CCO)C3CC3)cs2)o1. The van der Waals surface area contributed by atoms with Crippen LogP contribution in [-0.2, 0) is 0 Å². The number of carbonyl (C=O) groups excluding carboxylic acids is 1. The molecule has 1 aliphatic carbocycles. The lowest BCUT2D eigenvalue weighted by atomic mass is 10.3. The van der Waals surface area contributed by atoms with Crippen molar-refractivity contribution in [3.63, 3.8) is 0 Å². The maximum Gasteiger partial charge on any atom is 0.273 e. The smallest absolute Gasteiger partial charge is 0.273 e. The molecule has 2 aromatic heterocycles. The number of carbonyl (C=O) groups is 1. The van der Waals surface area contributed by atoms with Crippen molar-refractivity contribution in [2.45, 2.75) is 25.8 Å². The molecule has 0 atom stereocenters. The van der Waals surface area contributed by atoms with E-state index < -0.39 is 0 Å². The molecular weight excluding hydrogens is 276 g/mol. The minimum Gasteiger partial charge on any atom is -0.459 e. The molecule has 1 saturated carbocycles. The van der Waals surface area contributed by atoms with Crippen LogP contribution in [0.25, 0.3) is 10.8 Å². The average molecular weight is 292 g/mol. The molecule has 3 rings (SSSR count). The predicted molar refractivity (Wildman–Crippen MR) is 75.7 cm³/mol. The van der Waals surface area contributed by atoms with Gasteiger partial charge in [-0.05, 0) is 31.9 Å². The van der Waals surface area contributed by atoms with Crippen LogP contribution in [0.1, 0.15) is 29.1 Å². The van der Waals surface area contributed by atoms with Gasteiger partial charge in [-0.15, -0.1) is 11.3 Å². The molecule has 2 aromatic rings. The summed E-state index contributed by atoms with van der Waals surface area (Å²) in [5, 5.41) is 11.5. The van der Waals surface area contributed by atoms with E-state index >= 15 is 0 Å². The van der Waals surface area contributed by atoms with E-state index in [-0.39, 0.29) is 18.6 Å². The molecule has 2 heterocycles. The first-order valence-electron chi connectivity index (χ1n) is 6.63. The van der Waals surface area contributed by atoms with Crippen molar-refractivity contribution in [3.05, 3.63) is 29.0 Å². The lowest BCUT2D eigenvalue weighted by molar-refractivity contribution is 0.0702. The van der Waals surface area contributed by atoms with Crippen molar-refractivity contribution in [1.82, 2.24) is 9.88 Å². The highest BCUT2D eigenvalue weighted by atomic mass is 32.1. The Labute approximate surface area is 120 Å². The van der Waals surface area contributed by atoms with E-state index in [9.17, 15) is 4.79 Å². The fraction of sp³-hybridized carbons (Fsp3) is 0.429. The molecule has 0 radical (unpaired) electrons. The molecule has 0 unspecified atom stereocenters. The largest absolute Gasteiger partial charge is 0.459 e. The molecule has 1 fully saturated rings. The molecule has 1 aliphatic rings. The van der Waals surface area contributed by atoms with E-state index in [4.69, 9.17) is 9.52 Å². The summed E-state index contributed by atoms with van der Waals surface area (Å²) in [5.41, 5.74) is 0.430. The fourth-order valence-electron chi connectivity index (χ4n) is 2.13. The topological polar surface area (TPSA) is 66.6 Å². The van der Waals surface area contributed by atoms with Crippen molar-refractivity contribution >= 4 is 17.2 Å². The first kappa shape index (κ1) is 13.3. The van der Waals surface area contributed by atoms with Crippen molar-refractivity contribution in [1.29, 1.82) is 0 Å². The molecule has 0 aromatic carbocycles. The molecule has 1 N–H and O–H groups in total. The maximum absolute atomic E-state index is 12.4. The molecule has 1 amide bonds. The minimum atomic E-state index is -0.104. The molecule has 0 spiro atoms. The van der Waals surface area contributed by atoms with Gasteiger partial charge in [0, 0.05) is 18.0 Å². The van der Waals surface area contributed by atoms with Crippen LogP contribution in [-0.4, -0.2) is 40.1 Å². The van der Waals surface area contributed by atoms with Crippen LogP contribution >= 0.6 is 11.3 Å². The Morgan fingerprint density at radius 3 is 2.95 bits per heavy atom. The van der Waals surface area contributed by atoms with E-state index in [2.05, 4.69) is 4.98 Å². The van der Waals surface area contributed by atoms with Crippen LogP contribution in [0.4, 0.5) is 0 Å². The molecule has 5 nitrogen and oxygen atoms in total. The summed E-state index contributed by atoms with van der Waals surface area (Å²) < 4.78 is 5.51. The lowest BCUT2D eigenvalue weighted by Gasteiger charge is -2.19. The second-order valence-electron chi connectivity index (χ2n) is 4.90. The number of rotatable bonds is 5. The predicted octanol–water partition coefficient (Wildman–Crippen LogP) is 2.31. The van der Waals surface area contributed by atoms with Gasteiger partial charge in [-0.3, -0.25) is 4.79 Å². The van der Waals surface area contributed by atoms with Gasteiger partial charge in [0.1, 0.15) is 11.5 Å². The van der Waals surface area contributed by atoms with E-state index in [1.54, 1.807) is 10.3 Å². The Hall–Kier alpha value is -1.66. The first-order valence-corrected chi connectivity index (χ1v) is 7.51. The van der Waals surface area contributed by atoms with Crippen LogP contribution in [0, 0.1) is 6.92 Å². The highest BCUT2D eigenvalue weighted by Crippen LogP contribution is 2.30. The van der Waals surface area contributed by atoms with Gasteiger partial charge in [-0.2, -0.15) is 0 Å². The summed E-state index contributed by atoms with van der Waals surface area (Å²) in [6.45, 7) is 2.23. The summed E-state index contributed by atoms with van der Waals surface area (Å²) in [5.74, 6) is 1.40. The molecule has 0 saturated heterocycles.